The number of pyridine rings is 1. The molecule has 1 aliphatic rings. The van der Waals surface area contributed by atoms with E-state index in [0.717, 1.165) is 72.3 Å². The largest absolute Gasteiger partial charge is 0.472 e. The summed E-state index contributed by atoms with van der Waals surface area (Å²) in [6.07, 6.45) is 11.5. The Bertz CT molecular complexity index is 1380. The Kier molecular flexibility index (Phi) is 11.6. The molecule has 6 heteroatoms. The molecule has 5 nitrogen and oxygen atoms in total. The maximum absolute atomic E-state index is 9.11. The first-order valence-electron chi connectivity index (χ1n) is 12.8. The molecule has 0 saturated heterocycles. The number of aryl methyl sites for hydroxylation is 1. The molecule has 0 radical (unpaired) electrons. The van der Waals surface area contributed by atoms with Crippen LogP contribution in [-0.2, 0) is 17.9 Å². The van der Waals surface area contributed by atoms with Gasteiger partial charge in [-0.05, 0) is 60.2 Å². The first-order chi connectivity index (χ1) is 18.2. The number of ether oxygens (including phenoxy) is 2. The highest BCUT2D eigenvalue weighted by molar-refractivity contribution is 14.0. The van der Waals surface area contributed by atoms with E-state index in [0.29, 0.717) is 18.1 Å². The number of halogens is 1. The minimum atomic E-state index is 0. The molecule has 2 aromatic carbocycles. The number of benzene rings is 2. The Hall–Kier alpha value is -3.41. The number of fused-ring (bicyclic) bond motifs is 1. The molecule has 0 saturated carbocycles. The zero-order chi connectivity index (χ0) is 25.9. The van der Waals surface area contributed by atoms with Crippen molar-refractivity contribution in [3.8, 4) is 23.1 Å². The maximum Gasteiger partial charge on any atom is 0.222 e. The van der Waals surface area contributed by atoms with E-state index in [2.05, 4.69) is 48.6 Å². The van der Waals surface area contributed by atoms with Gasteiger partial charge in [-0.2, -0.15) is 5.26 Å². The van der Waals surface area contributed by atoms with Gasteiger partial charge < -0.3 is 14.0 Å². The zero-order valence-corrected chi connectivity index (χ0v) is 24.1. The average Bonchev–Trinajstić information content (AvgIpc) is 3.12. The van der Waals surface area contributed by atoms with Gasteiger partial charge in [-0.1, -0.05) is 68.1 Å². The summed E-state index contributed by atoms with van der Waals surface area (Å²) in [6.45, 7) is 9.15. The summed E-state index contributed by atoms with van der Waals surface area (Å²) in [4.78, 5) is 4.82. The first-order valence-corrected chi connectivity index (χ1v) is 12.8. The molecule has 0 amide bonds. The van der Waals surface area contributed by atoms with Gasteiger partial charge >= 0.3 is 0 Å². The summed E-state index contributed by atoms with van der Waals surface area (Å²) in [5.74, 6) is 0.592. The molecule has 3 heterocycles. The second kappa shape index (κ2) is 15.1. The van der Waals surface area contributed by atoms with Crippen molar-refractivity contribution < 1.29 is 10.9 Å². The Balaban J connectivity index is 0.000000518. The van der Waals surface area contributed by atoms with Crippen molar-refractivity contribution in [3.05, 3.63) is 102 Å². The Morgan fingerprint density at radius 1 is 1.08 bits per heavy atom. The molecule has 198 valence electrons. The summed E-state index contributed by atoms with van der Waals surface area (Å²) in [6, 6.07) is 22.0. The maximum atomic E-state index is 9.11. The second-order valence-corrected chi connectivity index (χ2v) is 8.84. The molecule has 0 N–H and O–H groups in total. The monoisotopic (exact) mass is 621 g/mol. The molecule has 0 aliphatic carbocycles. The van der Waals surface area contributed by atoms with Crippen molar-refractivity contribution in [2.24, 2.45) is 0 Å². The van der Waals surface area contributed by atoms with Crippen molar-refractivity contribution in [1.29, 1.82) is 5.26 Å². The van der Waals surface area contributed by atoms with Crippen LogP contribution in [0.3, 0.4) is 0 Å². The normalized spacial score (nSPS) is 12.4. The molecule has 38 heavy (non-hydrogen) atoms. The fourth-order valence-electron chi connectivity index (χ4n) is 4.11. The van der Waals surface area contributed by atoms with Gasteiger partial charge in [-0.25, -0.2) is 4.98 Å². The molecule has 5 rings (SSSR count). The Morgan fingerprint density at radius 3 is 2.42 bits per heavy atom. The highest BCUT2D eigenvalue weighted by Crippen LogP contribution is 2.33. The van der Waals surface area contributed by atoms with Gasteiger partial charge in [0.1, 0.15) is 6.61 Å². The standard InChI is InChI=1S/C26H23N3O.C6H10O.HI.H2/c1-3-14-29-15-13-24-25(29)16-23(22-11-9-20(17-27)10-12-22)26(28-24)30-18-21-7-5-19(4-2)6-8-21;1-2-4-6-7-5-3-1;;/h4-13,15-16H,2-3,14,18H2,1H3;1-2H,3-6H2;2*1H. The van der Waals surface area contributed by atoms with Crippen molar-refractivity contribution in [1.82, 2.24) is 9.55 Å². The van der Waals surface area contributed by atoms with Crippen LogP contribution in [0.4, 0.5) is 0 Å². The van der Waals surface area contributed by atoms with Crippen LogP contribution in [0.2, 0.25) is 0 Å². The third-order valence-electron chi connectivity index (χ3n) is 6.12. The van der Waals surface area contributed by atoms with Crippen LogP contribution in [-0.4, -0.2) is 22.8 Å². The van der Waals surface area contributed by atoms with Crippen molar-refractivity contribution >= 4 is 41.1 Å². The average molecular weight is 622 g/mol. The number of nitriles is 1. The molecule has 0 unspecified atom stereocenters. The topological polar surface area (TPSA) is 60.1 Å². The summed E-state index contributed by atoms with van der Waals surface area (Å²) in [7, 11) is 0. The number of aromatic nitrogens is 2. The second-order valence-electron chi connectivity index (χ2n) is 8.84. The van der Waals surface area contributed by atoms with E-state index in [4.69, 9.17) is 19.7 Å². The fourth-order valence-corrected chi connectivity index (χ4v) is 4.11. The number of nitrogens with zero attached hydrogens (tertiary/aromatic N) is 3. The molecule has 2 aromatic heterocycles. The lowest BCUT2D eigenvalue weighted by molar-refractivity contribution is 0.148. The molecule has 0 bridgehead atoms. The SMILES string of the molecule is C1=CCCOCC1.C=Cc1ccc(COc2nc3ccn(CCC)c3cc2-c2ccc(C#N)cc2)cc1.I.[HH]. The molecule has 0 fully saturated rings. The molecule has 0 spiro atoms. The molecule has 4 aromatic rings. The van der Waals surface area contributed by atoms with Gasteiger partial charge in [0.25, 0.3) is 0 Å². The van der Waals surface area contributed by atoms with E-state index >= 15 is 0 Å². The van der Waals surface area contributed by atoms with Crippen LogP contribution in [0, 0.1) is 11.3 Å². The number of rotatable bonds is 7. The van der Waals surface area contributed by atoms with Gasteiger partial charge in [0, 0.05) is 19.7 Å². The first kappa shape index (κ1) is 29.2. The summed E-state index contributed by atoms with van der Waals surface area (Å²) in [5.41, 5.74) is 6.67. The number of hydrogen-bond acceptors (Lipinski definition) is 4. The Labute approximate surface area is 243 Å². The van der Waals surface area contributed by atoms with Crippen LogP contribution in [0.5, 0.6) is 5.88 Å². The van der Waals surface area contributed by atoms with Gasteiger partial charge in [0.05, 0.1) is 35.9 Å². The lowest BCUT2D eigenvalue weighted by atomic mass is 10.0. The van der Waals surface area contributed by atoms with Crippen molar-refractivity contribution in [3.63, 3.8) is 0 Å². The van der Waals surface area contributed by atoms with Crippen molar-refractivity contribution in [2.75, 3.05) is 13.2 Å². The minimum absolute atomic E-state index is 0. The summed E-state index contributed by atoms with van der Waals surface area (Å²) < 4.78 is 13.5. The molecular weight excluding hydrogens is 585 g/mol. The van der Waals surface area contributed by atoms with E-state index in [1.807, 2.05) is 60.7 Å². The fraction of sp³-hybridized carbons (Fsp3) is 0.250. The molecular formula is C32H36IN3O2. The van der Waals surface area contributed by atoms with E-state index in [-0.39, 0.29) is 25.4 Å². The van der Waals surface area contributed by atoms with Gasteiger partial charge in [-0.3, -0.25) is 0 Å². The Morgan fingerprint density at radius 2 is 1.79 bits per heavy atom. The minimum Gasteiger partial charge on any atom is -0.472 e. The van der Waals surface area contributed by atoms with Crippen LogP contribution < -0.4 is 4.74 Å². The lowest BCUT2D eigenvalue weighted by Gasteiger charge is -2.13. The quantitative estimate of drug-likeness (QED) is 0.154. The van der Waals surface area contributed by atoms with Gasteiger partial charge in [0.2, 0.25) is 5.88 Å². The van der Waals surface area contributed by atoms with Crippen molar-refractivity contribution in [2.45, 2.75) is 39.3 Å². The predicted molar refractivity (Wildman–Crippen MR) is 168 cm³/mol. The van der Waals surface area contributed by atoms with Gasteiger partial charge in [-0.15, -0.1) is 24.0 Å². The molecule has 1 aliphatic heterocycles. The van der Waals surface area contributed by atoms with E-state index in [9.17, 15) is 0 Å². The van der Waals surface area contributed by atoms with E-state index < -0.39 is 0 Å². The summed E-state index contributed by atoms with van der Waals surface area (Å²) >= 11 is 0. The third-order valence-corrected chi connectivity index (χ3v) is 6.12. The smallest absolute Gasteiger partial charge is 0.222 e. The predicted octanol–water partition coefficient (Wildman–Crippen LogP) is 8.42. The van der Waals surface area contributed by atoms with Crippen LogP contribution in [0.1, 0.15) is 44.3 Å². The van der Waals surface area contributed by atoms with E-state index in [1.165, 1.54) is 0 Å². The highest BCUT2D eigenvalue weighted by atomic mass is 127. The van der Waals surface area contributed by atoms with E-state index in [1.54, 1.807) is 0 Å². The number of hydrogen-bond donors (Lipinski definition) is 0. The third kappa shape index (κ3) is 7.80. The molecule has 0 atom stereocenters. The zero-order valence-electron chi connectivity index (χ0n) is 21.8. The van der Waals surface area contributed by atoms with Crippen LogP contribution >= 0.6 is 24.0 Å². The summed E-state index contributed by atoms with van der Waals surface area (Å²) in [5, 5.41) is 9.11. The highest BCUT2D eigenvalue weighted by Gasteiger charge is 2.14. The van der Waals surface area contributed by atoms with Gasteiger partial charge in [0.15, 0.2) is 0 Å². The lowest BCUT2D eigenvalue weighted by Crippen LogP contribution is -2.01. The van der Waals surface area contributed by atoms with Crippen LogP contribution in [0.15, 0.2) is 85.6 Å². The van der Waals surface area contributed by atoms with Crippen LogP contribution in [0.25, 0.3) is 28.2 Å².